The highest BCUT2D eigenvalue weighted by Gasteiger charge is 2.40. The summed E-state index contributed by atoms with van der Waals surface area (Å²) in [5.41, 5.74) is 1.28. The standard InChI is InChI=1S/C23H26O5/c1-15(14-27-10-9-16-7-5-4-6-8-16)17-11-19(25)21-20(12-17)28-23(2,3)18(13-24)22(21)26/h4-8,11-13,15,24-25H,9-10,14H2,1-3H3. The van der Waals surface area contributed by atoms with Crippen LogP contribution in [0.5, 0.6) is 11.5 Å². The molecule has 0 radical (unpaired) electrons. The summed E-state index contributed by atoms with van der Waals surface area (Å²) in [6.45, 7) is 6.51. The Morgan fingerprint density at radius 2 is 1.93 bits per heavy atom. The second kappa shape index (κ2) is 8.07. The molecule has 148 valence electrons. The van der Waals surface area contributed by atoms with Gasteiger partial charge in [0.25, 0.3) is 0 Å². The van der Waals surface area contributed by atoms with Crippen LogP contribution in [0.2, 0.25) is 0 Å². The summed E-state index contributed by atoms with van der Waals surface area (Å²) >= 11 is 0. The summed E-state index contributed by atoms with van der Waals surface area (Å²) < 4.78 is 11.7. The first-order chi connectivity index (χ1) is 13.3. The van der Waals surface area contributed by atoms with E-state index in [0.717, 1.165) is 18.2 Å². The predicted octanol–water partition coefficient (Wildman–Crippen LogP) is 4.55. The van der Waals surface area contributed by atoms with E-state index in [-0.39, 0.29) is 22.8 Å². The number of ketones is 1. The minimum Gasteiger partial charge on any atom is -0.515 e. The number of aliphatic hydroxyl groups excluding tert-OH is 1. The van der Waals surface area contributed by atoms with E-state index in [2.05, 4.69) is 12.1 Å². The number of phenols is 1. The van der Waals surface area contributed by atoms with Crippen molar-refractivity contribution in [3.63, 3.8) is 0 Å². The third-order valence-corrected chi connectivity index (χ3v) is 5.03. The third-order valence-electron chi connectivity index (χ3n) is 5.03. The van der Waals surface area contributed by atoms with Crippen molar-refractivity contribution in [3.05, 3.63) is 71.0 Å². The minimum absolute atomic E-state index is 0.0172. The third kappa shape index (κ3) is 4.04. The molecule has 5 nitrogen and oxygen atoms in total. The number of carbonyl (C=O) groups is 1. The van der Waals surface area contributed by atoms with Crippen molar-refractivity contribution >= 4 is 5.78 Å². The molecular weight excluding hydrogens is 356 g/mol. The lowest BCUT2D eigenvalue weighted by molar-refractivity contribution is 0.0837. The fraction of sp³-hybridized carbons (Fsp3) is 0.348. The van der Waals surface area contributed by atoms with Gasteiger partial charge in [-0.2, -0.15) is 0 Å². The van der Waals surface area contributed by atoms with E-state index < -0.39 is 11.4 Å². The SMILES string of the molecule is CC(COCCc1ccccc1)c1cc(O)c2c(c1)OC(C)(C)C(=CO)C2=O. The van der Waals surface area contributed by atoms with Crippen LogP contribution in [-0.4, -0.2) is 34.8 Å². The van der Waals surface area contributed by atoms with Crippen molar-refractivity contribution in [2.45, 2.75) is 38.7 Å². The molecule has 2 aromatic carbocycles. The van der Waals surface area contributed by atoms with Gasteiger partial charge in [-0.3, -0.25) is 4.79 Å². The Morgan fingerprint density at radius 1 is 1.21 bits per heavy atom. The molecule has 1 aliphatic rings. The van der Waals surface area contributed by atoms with E-state index in [1.165, 1.54) is 5.56 Å². The van der Waals surface area contributed by atoms with Crippen LogP contribution in [0, 0.1) is 0 Å². The molecule has 0 aliphatic carbocycles. The molecule has 1 unspecified atom stereocenters. The maximum absolute atomic E-state index is 12.6. The average molecular weight is 382 g/mol. The average Bonchev–Trinajstić information content (AvgIpc) is 2.64. The highest BCUT2D eigenvalue weighted by atomic mass is 16.5. The van der Waals surface area contributed by atoms with Gasteiger partial charge in [-0.25, -0.2) is 0 Å². The van der Waals surface area contributed by atoms with Crippen molar-refractivity contribution in [3.8, 4) is 11.5 Å². The summed E-state index contributed by atoms with van der Waals surface area (Å²) in [5.74, 6) is -0.233. The van der Waals surface area contributed by atoms with Crippen LogP contribution < -0.4 is 4.74 Å². The van der Waals surface area contributed by atoms with Crippen molar-refractivity contribution in [2.24, 2.45) is 0 Å². The number of fused-ring (bicyclic) bond motifs is 1. The Kier molecular flexibility index (Phi) is 5.75. The zero-order valence-corrected chi connectivity index (χ0v) is 16.4. The Morgan fingerprint density at radius 3 is 2.61 bits per heavy atom. The topological polar surface area (TPSA) is 76.0 Å². The van der Waals surface area contributed by atoms with E-state index in [9.17, 15) is 15.0 Å². The number of carbonyl (C=O) groups excluding carboxylic acids is 1. The van der Waals surface area contributed by atoms with Crippen LogP contribution in [0.1, 0.15) is 48.2 Å². The van der Waals surface area contributed by atoms with Crippen LogP contribution in [0.3, 0.4) is 0 Å². The Hall–Kier alpha value is -2.79. The number of benzene rings is 2. The summed E-state index contributed by atoms with van der Waals surface area (Å²) in [7, 11) is 0. The molecule has 0 aromatic heterocycles. The summed E-state index contributed by atoms with van der Waals surface area (Å²) in [6.07, 6.45) is 1.59. The summed E-state index contributed by atoms with van der Waals surface area (Å²) in [4.78, 5) is 12.6. The highest BCUT2D eigenvalue weighted by Crippen LogP contribution is 2.42. The smallest absolute Gasteiger partial charge is 0.203 e. The molecule has 0 amide bonds. The highest BCUT2D eigenvalue weighted by molar-refractivity contribution is 6.14. The minimum atomic E-state index is -0.973. The fourth-order valence-electron chi connectivity index (χ4n) is 3.36. The molecule has 1 heterocycles. The maximum atomic E-state index is 12.6. The van der Waals surface area contributed by atoms with Crippen molar-refractivity contribution in [1.82, 2.24) is 0 Å². The molecule has 2 N–H and O–H groups in total. The molecule has 1 aliphatic heterocycles. The van der Waals surface area contributed by atoms with Crippen LogP contribution in [0.25, 0.3) is 0 Å². The van der Waals surface area contributed by atoms with Gasteiger partial charge in [0.15, 0.2) is 0 Å². The van der Waals surface area contributed by atoms with Crippen LogP contribution in [0.15, 0.2) is 54.3 Å². The Labute approximate surface area is 165 Å². The molecule has 0 bridgehead atoms. The number of hydrogen-bond donors (Lipinski definition) is 2. The number of rotatable bonds is 6. The quantitative estimate of drug-likeness (QED) is 0.435. The molecule has 0 spiro atoms. The number of aromatic hydroxyl groups is 1. The summed E-state index contributed by atoms with van der Waals surface area (Å²) in [5, 5.41) is 19.8. The van der Waals surface area contributed by atoms with Gasteiger partial charge in [0.05, 0.1) is 25.0 Å². The molecule has 2 aromatic rings. The molecule has 0 saturated heterocycles. The molecular formula is C23H26O5. The largest absolute Gasteiger partial charge is 0.515 e. The van der Waals surface area contributed by atoms with Gasteiger partial charge >= 0.3 is 0 Å². The van der Waals surface area contributed by atoms with Gasteiger partial charge in [0.1, 0.15) is 22.7 Å². The predicted molar refractivity (Wildman–Crippen MR) is 107 cm³/mol. The molecule has 28 heavy (non-hydrogen) atoms. The van der Waals surface area contributed by atoms with Crippen LogP contribution in [-0.2, 0) is 11.2 Å². The number of phenolic OH excluding ortho intramolecular Hbond substituents is 1. The second-order valence-corrected chi connectivity index (χ2v) is 7.61. The normalized spacial score (nSPS) is 17.8. The first-order valence-corrected chi connectivity index (χ1v) is 9.40. The lowest BCUT2D eigenvalue weighted by Crippen LogP contribution is -2.39. The first-order valence-electron chi connectivity index (χ1n) is 9.40. The zero-order chi connectivity index (χ0) is 20.3. The second-order valence-electron chi connectivity index (χ2n) is 7.61. The van der Waals surface area contributed by atoms with E-state index in [1.54, 1.807) is 26.0 Å². The molecule has 5 heteroatoms. The van der Waals surface area contributed by atoms with Gasteiger partial charge in [-0.15, -0.1) is 0 Å². The van der Waals surface area contributed by atoms with E-state index in [1.807, 2.05) is 25.1 Å². The van der Waals surface area contributed by atoms with Gasteiger partial charge < -0.3 is 19.7 Å². The van der Waals surface area contributed by atoms with Gasteiger partial charge in [0, 0.05) is 5.92 Å². The van der Waals surface area contributed by atoms with Crippen LogP contribution >= 0.6 is 0 Å². The Bertz CT molecular complexity index is 883. The zero-order valence-electron chi connectivity index (χ0n) is 16.4. The van der Waals surface area contributed by atoms with Gasteiger partial charge in [-0.05, 0) is 43.5 Å². The van der Waals surface area contributed by atoms with Crippen LogP contribution in [0.4, 0.5) is 0 Å². The fourth-order valence-corrected chi connectivity index (χ4v) is 3.36. The van der Waals surface area contributed by atoms with Crippen molar-refractivity contribution < 1.29 is 24.5 Å². The Balaban J connectivity index is 1.70. The monoisotopic (exact) mass is 382 g/mol. The molecule has 0 fully saturated rings. The molecule has 3 rings (SSSR count). The van der Waals surface area contributed by atoms with Crippen molar-refractivity contribution in [1.29, 1.82) is 0 Å². The number of aliphatic hydroxyl groups is 1. The number of ether oxygens (including phenoxy) is 2. The van der Waals surface area contributed by atoms with Gasteiger partial charge in [0.2, 0.25) is 5.78 Å². The molecule has 0 saturated carbocycles. The van der Waals surface area contributed by atoms with E-state index in [4.69, 9.17) is 9.47 Å². The number of Topliss-reactive ketones (excluding diaryl/α,β-unsaturated/α-hetero) is 1. The summed E-state index contributed by atoms with van der Waals surface area (Å²) in [6, 6.07) is 13.5. The van der Waals surface area contributed by atoms with E-state index >= 15 is 0 Å². The first kappa shape index (κ1) is 20.0. The number of hydrogen-bond acceptors (Lipinski definition) is 5. The lowest BCUT2D eigenvalue weighted by atomic mass is 9.86. The lowest BCUT2D eigenvalue weighted by Gasteiger charge is -2.34. The van der Waals surface area contributed by atoms with Gasteiger partial charge in [-0.1, -0.05) is 37.3 Å². The van der Waals surface area contributed by atoms with Crippen molar-refractivity contribution in [2.75, 3.05) is 13.2 Å². The van der Waals surface area contributed by atoms with E-state index in [0.29, 0.717) is 19.0 Å². The maximum Gasteiger partial charge on any atom is 0.203 e. The molecule has 1 atom stereocenters.